The van der Waals surface area contributed by atoms with E-state index in [9.17, 15) is 4.79 Å². The molecule has 0 spiro atoms. The van der Waals surface area contributed by atoms with Crippen LogP contribution in [-0.2, 0) is 0 Å². The molecule has 1 amide bonds. The largest absolute Gasteiger partial charge is 0.361 e. The molecule has 3 heterocycles. The molecule has 5 rings (SSSR count). The number of carbonyl (C=O) groups excluding carboxylic acids is 1. The van der Waals surface area contributed by atoms with Crippen molar-refractivity contribution in [2.24, 2.45) is 0 Å². The zero-order valence-corrected chi connectivity index (χ0v) is 14.0. The summed E-state index contributed by atoms with van der Waals surface area (Å²) >= 11 is 0. The van der Waals surface area contributed by atoms with E-state index in [1.54, 1.807) is 0 Å². The fourth-order valence-corrected chi connectivity index (χ4v) is 3.71. The maximum Gasteiger partial charge on any atom is 0.253 e. The van der Waals surface area contributed by atoms with Gasteiger partial charge in [-0.15, -0.1) is 0 Å². The third-order valence-corrected chi connectivity index (χ3v) is 5.43. The number of nitrogens with zero attached hydrogens (tertiary/aromatic N) is 3. The van der Waals surface area contributed by atoms with Crippen LogP contribution in [0.4, 0.5) is 0 Å². The number of nitrogens with one attached hydrogen (secondary N) is 2. The van der Waals surface area contributed by atoms with Crippen LogP contribution in [0.2, 0.25) is 0 Å². The summed E-state index contributed by atoms with van der Waals surface area (Å²) in [7, 11) is 0. The van der Waals surface area contributed by atoms with Crippen LogP contribution in [-0.4, -0.2) is 44.1 Å². The molecule has 2 fully saturated rings. The first-order chi connectivity index (χ1) is 12.3. The van der Waals surface area contributed by atoms with E-state index in [-0.39, 0.29) is 5.91 Å². The van der Waals surface area contributed by atoms with Gasteiger partial charge in [-0.2, -0.15) is 5.10 Å². The van der Waals surface area contributed by atoms with Crippen LogP contribution in [0, 0.1) is 0 Å². The molecule has 1 aromatic carbocycles. The molecule has 3 aromatic rings. The van der Waals surface area contributed by atoms with Crippen molar-refractivity contribution in [2.75, 3.05) is 13.1 Å². The van der Waals surface area contributed by atoms with E-state index in [1.807, 2.05) is 35.4 Å². The lowest BCUT2D eigenvalue weighted by Gasteiger charge is -2.31. The molecule has 0 radical (unpaired) electrons. The number of benzene rings is 1. The number of aromatic amines is 2. The van der Waals surface area contributed by atoms with Crippen LogP contribution >= 0.6 is 0 Å². The second-order valence-corrected chi connectivity index (χ2v) is 7.20. The van der Waals surface area contributed by atoms with Gasteiger partial charge in [0.05, 0.1) is 0 Å². The molecule has 25 heavy (non-hydrogen) atoms. The van der Waals surface area contributed by atoms with E-state index in [4.69, 9.17) is 0 Å². The minimum Gasteiger partial charge on any atom is -0.361 e. The minimum atomic E-state index is 0.117. The average Bonchev–Trinajstić information content (AvgIpc) is 3.20. The van der Waals surface area contributed by atoms with E-state index >= 15 is 0 Å². The lowest BCUT2D eigenvalue weighted by atomic mass is 9.95. The molecule has 2 N–H and O–H groups in total. The number of hydrogen-bond donors (Lipinski definition) is 2. The van der Waals surface area contributed by atoms with Crippen molar-refractivity contribution < 1.29 is 4.79 Å². The molecule has 1 saturated heterocycles. The van der Waals surface area contributed by atoms with Gasteiger partial charge >= 0.3 is 0 Å². The minimum absolute atomic E-state index is 0.117. The van der Waals surface area contributed by atoms with Gasteiger partial charge in [-0.1, -0.05) is 6.07 Å². The number of amides is 1. The van der Waals surface area contributed by atoms with Gasteiger partial charge in [0.15, 0.2) is 5.82 Å². The average molecular weight is 335 g/mol. The predicted octanol–water partition coefficient (Wildman–Crippen LogP) is 3.18. The Hall–Kier alpha value is -2.63. The second-order valence-electron chi connectivity index (χ2n) is 7.20. The molecular weight excluding hydrogens is 314 g/mol. The van der Waals surface area contributed by atoms with Gasteiger partial charge in [-0.3, -0.25) is 9.89 Å². The Kier molecular flexibility index (Phi) is 3.36. The van der Waals surface area contributed by atoms with E-state index < -0.39 is 0 Å². The summed E-state index contributed by atoms with van der Waals surface area (Å²) in [5.74, 6) is 3.06. The van der Waals surface area contributed by atoms with Gasteiger partial charge in [-0.05, 0) is 49.3 Å². The van der Waals surface area contributed by atoms with Gasteiger partial charge in [0, 0.05) is 42.2 Å². The molecule has 6 heteroatoms. The fraction of sp³-hybridized carbons (Fsp3) is 0.421. The molecule has 2 aromatic heterocycles. The van der Waals surface area contributed by atoms with Crippen LogP contribution in [0.3, 0.4) is 0 Å². The number of likely N-dealkylation sites (tertiary alicyclic amines) is 1. The maximum absolute atomic E-state index is 12.8. The van der Waals surface area contributed by atoms with Crippen LogP contribution in [0.5, 0.6) is 0 Å². The number of rotatable bonds is 3. The number of H-pyrrole nitrogens is 2. The van der Waals surface area contributed by atoms with Crippen LogP contribution in [0.1, 0.15) is 59.5 Å². The highest BCUT2D eigenvalue weighted by Crippen LogP contribution is 2.38. The molecule has 128 valence electrons. The fourth-order valence-electron chi connectivity index (χ4n) is 3.71. The van der Waals surface area contributed by atoms with Gasteiger partial charge in [0.25, 0.3) is 5.91 Å². The molecule has 6 nitrogen and oxygen atoms in total. The number of carbonyl (C=O) groups is 1. The van der Waals surface area contributed by atoms with Crippen molar-refractivity contribution in [3.05, 3.63) is 47.7 Å². The molecule has 0 bridgehead atoms. The van der Waals surface area contributed by atoms with Crippen LogP contribution in [0.15, 0.2) is 30.5 Å². The predicted molar refractivity (Wildman–Crippen MR) is 94.5 cm³/mol. The highest BCUT2D eigenvalue weighted by atomic mass is 16.2. The van der Waals surface area contributed by atoms with Crippen LogP contribution < -0.4 is 0 Å². The molecule has 1 aliphatic carbocycles. The molecule has 1 aliphatic heterocycles. The maximum atomic E-state index is 12.8. The summed E-state index contributed by atoms with van der Waals surface area (Å²) < 4.78 is 0. The van der Waals surface area contributed by atoms with Gasteiger partial charge in [0.2, 0.25) is 0 Å². The van der Waals surface area contributed by atoms with Crippen molar-refractivity contribution in [1.29, 1.82) is 0 Å². The van der Waals surface area contributed by atoms with Crippen molar-refractivity contribution in [1.82, 2.24) is 25.1 Å². The first kappa shape index (κ1) is 14.7. The van der Waals surface area contributed by atoms with Crippen molar-refractivity contribution in [2.45, 2.75) is 37.5 Å². The Morgan fingerprint density at radius 1 is 1.08 bits per heavy atom. The summed E-state index contributed by atoms with van der Waals surface area (Å²) in [5, 5.41) is 8.61. The first-order valence-corrected chi connectivity index (χ1v) is 9.06. The summed E-state index contributed by atoms with van der Waals surface area (Å²) in [6, 6.07) is 7.88. The summed E-state index contributed by atoms with van der Waals surface area (Å²) in [5.41, 5.74) is 1.76. The van der Waals surface area contributed by atoms with Crippen molar-refractivity contribution in [3.63, 3.8) is 0 Å². The normalized spacial score (nSPS) is 18.8. The quantitative estimate of drug-likeness (QED) is 0.771. The molecule has 0 unspecified atom stereocenters. The Labute approximate surface area is 145 Å². The SMILES string of the molecule is O=C(c1ccc2cc[nH]c2c1)N1CCC(c2nc(C3CC3)n[nH]2)CC1. The van der Waals surface area contributed by atoms with Gasteiger partial charge in [0.1, 0.15) is 5.82 Å². The standard InChI is InChI=1S/C19H21N5O/c25-19(15-4-1-12-5-8-20-16(12)11-15)24-9-6-14(7-10-24)18-21-17(22-23-18)13-2-3-13/h1,4-5,8,11,13-14,20H,2-3,6-7,9-10H2,(H,21,22,23). The van der Waals surface area contributed by atoms with Crippen molar-refractivity contribution >= 4 is 16.8 Å². The monoisotopic (exact) mass is 335 g/mol. The lowest BCUT2D eigenvalue weighted by molar-refractivity contribution is 0.0711. The Morgan fingerprint density at radius 2 is 1.92 bits per heavy atom. The Balaban J connectivity index is 1.26. The highest BCUT2D eigenvalue weighted by Gasteiger charge is 2.30. The Morgan fingerprint density at radius 3 is 2.72 bits per heavy atom. The first-order valence-electron chi connectivity index (χ1n) is 9.06. The molecule has 1 saturated carbocycles. The van der Waals surface area contributed by atoms with Crippen LogP contribution in [0.25, 0.3) is 10.9 Å². The van der Waals surface area contributed by atoms with Gasteiger partial charge in [-0.25, -0.2) is 4.98 Å². The second kappa shape index (κ2) is 5.72. The zero-order valence-electron chi connectivity index (χ0n) is 14.0. The molecule has 2 aliphatic rings. The summed E-state index contributed by atoms with van der Waals surface area (Å²) in [6.45, 7) is 1.54. The Bertz CT molecular complexity index is 915. The topological polar surface area (TPSA) is 77.7 Å². The number of piperidine rings is 1. The number of fused-ring (bicyclic) bond motifs is 1. The number of hydrogen-bond acceptors (Lipinski definition) is 3. The van der Waals surface area contributed by atoms with Gasteiger partial charge < -0.3 is 9.88 Å². The van der Waals surface area contributed by atoms with E-state index in [2.05, 4.69) is 20.2 Å². The van der Waals surface area contributed by atoms with E-state index in [0.717, 1.165) is 54.0 Å². The summed E-state index contributed by atoms with van der Waals surface area (Å²) in [6.07, 6.45) is 6.22. The molecular formula is C19H21N5O. The third kappa shape index (κ3) is 2.71. The van der Waals surface area contributed by atoms with Crippen molar-refractivity contribution in [3.8, 4) is 0 Å². The third-order valence-electron chi connectivity index (χ3n) is 5.43. The van der Waals surface area contributed by atoms with E-state index in [1.165, 1.54) is 12.8 Å². The summed E-state index contributed by atoms with van der Waals surface area (Å²) in [4.78, 5) is 22.6. The molecule has 0 atom stereocenters. The lowest BCUT2D eigenvalue weighted by Crippen LogP contribution is -2.38. The highest BCUT2D eigenvalue weighted by molar-refractivity contribution is 5.98. The zero-order chi connectivity index (χ0) is 16.8. The smallest absolute Gasteiger partial charge is 0.253 e. The van der Waals surface area contributed by atoms with E-state index in [0.29, 0.717) is 11.8 Å². The number of aromatic nitrogens is 4.